The summed E-state index contributed by atoms with van der Waals surface area (Å²) in [6.07, 6.45) is 7.72. The first kappa shape index (κ1) is 24.2. The smallest absolute Gasteiger partial charge is 0.119 e. The zero-order chi connectivity index (χ0) is 25.1. The Balaban J connectivity index is 1.37. The second-order valence-corrected chi connectivity index (χ2v) is 12.5. The molecule has 36 heavy (non-hydrogen) atoms. The Morgan fingerprint density at radius 2 is 1.61 bits per heavy atom. The van der Waals surface area contributed by atoms with Gasteiger partial charge in [-0.2, -0.15) is 0 Å². The molecule has 0 unspecified atom stereocenters. The van der Waals surface area contributed by atoms with E-state index in [1.165, 1.54) is 5.57 Å². The molecular weight excluding hydrogens is 448 g/mol. The van der Waals surface area contributed by atoms with Crippen LogP contribution in [0.15, 0.2) is 66.2 Å². The van der Waals surface area contributed by atoms with Gasteiger partial charge in [0.15, 0.2) is 0 Å². The highest BCUT2D eigenvalue weighted by Crippen LogP contribution is 2.68. The van der Waals surface area contributed by atoms with Crippen LogP contribution in [-0.2, 0) is 12.2 Å². The lowest BCUT2D eigenvalue weighted by atomic mass is 9.44. The molecule has 2 aromatic carbocycles. The molecular formula is C32H40O4. The number of aliphatic hydroxyl groups is 3. The van der Waals surface area contributed by atoms with Crippen molar-refractivity contribution in [3.8, 4) is 5.75 Å². The van der Waals surface area contributed by atoms with E-state index >= 15 is 0 Å². The highest BCUT2D eigenvalue weighted by atomic mass is 16.5. The molecule has 4 heteroatoms. The molecule has 6 rings (SSSR count). The first-order valence-corrected chi connectivity index (χ1v) is 13.8. The van der Waals surface area contributed by atoms with Gasteiger partial charge < -0.3 is 20.1 Å². The van der Waals surface area contributed by atoms with Crippen molar-refractivity contribution >= 4 is 0 Å². The van der Waals surface area contributed by atoms with Crippen LogP contribution in [0.1, 0.15) is 69.9 Å². The summed E-state index contributed by atoms with van der Waals surface area (Å²) in [7, 11) is 0. The van der Waals surface area contributed by atoms with Gasteiger partial charge in [0.25, 0.3) is 0 Å². The molecule has 3 fully saturated rings. The van der Waals surface area contributed by atoms with E-state index in [9.17, 15) is 15.3 Å². The molecule has 192 valence electrons. The van der Waals surface area contributed by atoms with Gasteiger partial charge in [-0.3, -0.25) is 0 Å². The summed E-state index contributed by atoms with van der Waals surface area (Å²) in [5.41, 5.74) is 1.97. The van der Waals surface area contributed by atoms with E-state index in [-0.39, 0.29) is 34.9 Å². The Bertz CT molecular complexity index is 1130. The van der Waals surface area contributed by atoms with Crippen molar-refractivity contribution in [1.82, 2.24) is 0 Å². The van der Waals surface area contributed by atoms with Crippen molar-refractivity contribution in [3.63, 3.8) is 0 Å². The molecule has 4 aliphatic rings. The average Bonchev–Trinajstić information content (AvgIpc) is 3.19. The molecule has 3 N–H and O–H groups in total. The monoisotopic (exact) mass is 488 g/mol. The van der Waals surface area contributed by atoms with Gasteiger partial charge in [-0.1, -0.05) is 61.9 Å². The first-order chi connectivity index (χ1) is 17.2. The van der Waals surface area contributed by atoms with Gasteiger partial charge in [0, 0.05) is 5.92 Å². The molecule has 0 bridgehead atoms. The summed E-state index contributed by atoms with van der Waals surface area (Å²) < 4.78 is 6.03. The summed E-state index contributed by atoms with van der Waals surface area (Å²) in [5, 5.41) is 34.2. The van der Waals surface area contributed by atoms with E-state index in [1.807, 2.05) is 42.5 Å². The molecule has 0 amide bonds. The van der Waals surface area contributed by atoms with Gasteiger partial charge >= 0.3 is 0 Å². The molecule has 0 aliphatic heterocycles. The summed E-state index contributed by atoms with van der Waals surface area (Å²) in [4.78, 5) is 0. The van der Waals surface area contributed by atoms with Crippen LogP contribution >= 0.6 is 0 Å². The second-order valence-electron chi connectivity index (χ2n) is 12.5. The predicted octanol–water partition coefficient (Wildman–Crippen LogP) is 5.75. The fourth-order valence-electron chi connectivity index (χ4n) is 8.50. The minimum Gasteiger partial charge on any atom is -0.489 e. The molecule has 4 aliphatic carbocycles. The third kappa shape index (κ3) is 3.68. The maximum absolute atomic E-state index is 12.6. The maximum Gasteiger partial charge on any atom is 0.119 e. The standard InChI is InChI=1S/C32H40O4/c1-30-16-14-24(33)18-23(30)19-32(35,29-26-12-13-28(34)31(26,2)17-15-27(29)30)22-8-10-25(11-9-22)36-20-21-6-4-3-5-7-21/h3-11,19,24,26-29,33-35H,12-18,20H2,1-2H3/t24-,26-,27-,28-,29-,30-,31-,32-/m0/s1. The van der Waals surface area contributed by atoms with Crippen molar-refractivity contribution in [3.05, 3.63) is 77.4 Å². The number of rotatable bonds is 4. The van der Waals surface area contributed by atoms with Crippen LogP contribution in [0.4, 0.5) is 0 Å². The van der Waals surface area contributed by atoms with E-state index in [2.05, 4.69) is 32.1 Å². The zero-order valence-corrected chi connectivity index (χ0v) is 21.6. The highest BCUT2D eigenvalue weighted by molar-refractivity contribution is 5.41. The summed E-state index contributed by atoms with van der Waals surface area (Å²) in [6.45, 7) is 5.13. The molecule has 0 radical (unpaired) electrons. The van der Waals surface area contributed by atoms with Crippen molar-refractivity contribution in [1.29, 1.82) is 0 Å². The van der Waals surface area contributed by atoms with Crippen molar-refractivity contribution in [2.24, 2.45) is 28.6 Å². The van der Waals surface area contributed by atoms with Gasteiger partial charge in [-0.25, -0.2) is 0 Å². The number of aliphatic hydroxyl groups excluding tert-OH is 2. The fourth-order valence-corrected chi connectivity index (χ4v) is 8.50. The van der Waals surface area contributed by atoms with E-state index in [0.717, 1.165) is 55.4 Å². The van der Waals surface area contributed by atoms with Gasteiger partial charge in [0.2, 0.25) is 0 Å². The Labute approximate surface area is 215 Å². The topological polar surface area (TPSA) is 69.9 Å². The molecule has 0 spiro atoms. The van der Waals surface area contributed by atoms with Gasteiger partial charge in [-0.05, 0) is 96.9 Å². The average molecular weight is 489 g/mol. The number of ether oxygens (including phenoxy) is 1. The highest BCUT2D eigenvalue weighted by Gasteiger charge is 2.64. The lowest BCUT2D eigenvalue weighted by Gasteiger charge is -2.62. The van der Waals surface area contributed by atoms with Crippen LogP contribution in [0.5, 0.6) is 5.75 Å². The molecule has 0 aromatic heterocycles. The minimum absolute atomic E-state index is 0.00370. The van der Waals surface area contributed by atoms with E-state index < -0.39 is 5.60 Å². The van der Waals surface area contributed by atoms with E-state index in [0.29, 0.717) is 18.9 Å². The lowest BCUT2D eigenvalue weighted by molar-refractivity contribution is -0.148. The van der Waals surface area contributed by atoms with Crippen LogP contribution in [0.3, 0.4) is 0 Å². The van der Waals surface area contributed by atoms with E-state index in [4.69, 9.17) is 4.74 Å². The van der Waals surface area contributed by atoms with Gasteiger partial charge in [0.1, 0.15) is 18.0 Å². The first-order valence-electron chi connectivity index (χ1n) is 13.8. The summed E-state index contributed by atoms with van der Waals surface area (Å²) in [6, 6.07) is 18.1. The number of hydrogen-bond donors (Lipinski definition) is 3. The lowest BCUT2D eigenvalue weighted by Crippen LogP contribution is -2.58. The number of benzene rings is 2. The van der Waals surface area contributed by atoms with Crippen LogP contribution in [0.2, 0.25) is 0 Å². The Morgan fingerprint density at radius 3 is 2.36 bits per heavy atom. The van der Waals surface area contributed by atoms with Crippen LogP contribution < -0.4 is 4.74 Å². The number of hydrogen-bond acceptors (Lipinski definition) is 4. The molecule has 0 heterocycles. The van der Waals surface area contributed by atoms with Crippen molar-refractivity contribution in [2.75, 3.05) is 0 Å². The molecule has 4 nitrogen and oxygen atoms in total. The molecule has 2 aromatic rings. The Kier molecular flexibility index (Phi) is 5.86. The Morgan fingerprint density at radius 1 is 0.861 bits per heavy atom. The van der Waals surface area contributed by atoms with Gasteiger partial charge in [-0.15, -0.1) is 0 Å². The molecule has 3 saturated carbocycles. The third-order valence-electron chi connectivity index (χ3n) is 10.7. The van der Waals surface area contributed by atoms with Crippen molar-refractivity contribution < 1.29 is 20.1 Å². The summed E-state index contributed by atoms with van der Waals surface area (Å²) in [5.74, 6) is 1.45. The van der Waals surface area contributed by atoms with Crippen LogP contribution in [0, 0.1) is 28.6 Å². The predicted molar refractivity (Wildman–Crippen MR) is 140 cm³/mol. The van der Waals surface area contributed by atoms with Gasteiger partial charge in [0.05, 0.1) is 12.2 Å². The SMILES string of the molecule is C[C@]12CC[C@H]3[C@H]([C@@H]1CC[C@@H]2O)[C@@](O)(c1ccc(OCc2ccccc2)cc1)C=C1C[C@@H](O)CC[C@@]13C. The number of fused-ring (bicyclic) bond motifs is 5. The largest absolute Gasteiger partial charge is 0.489 e. The minimum atomic E-state index is -1.12. The maximum atomic E-state index is 12.6. The second kappa shape index (κ2) is 8.72. The molecule has 0 saturated heterocycles. The zero-order valence-electron chi connectivity index (χ0n) is 21.6. The fraction of sp³-hybridized carbons (Fsp3) is 0.562. The van der Waals surface area contributed by atoms with Crippen molar-refractivity contribution in [2.45, 2.75) is 83.2 Å². The summed E-state index contributed by atoms with van der Waals surface area (Å²) >= 11 is 0. The third-order valence-corrected chi connectivity index (χ3v) is 10.7. The normalized spacial score (nSPS) is 41.6. The van der Waals surface area contributed by atoms with Crippen LogP contribution in [-0.4, -0.2) is 27.5 Å². The Hall–Kier alpha value is -2.14. The van der Waals surface area contributed by atoms with E-state index in [1.54, 1.807) is 0 Å². The quantitative estimate of drug-likeness (QED) is 0.480. The van der Waals surface area contributed by atoms with Crippen LogP contribution in [0.25, 0.3) is 0 Å². The molecule has 8 atom stereocenters.